The number of carbonyl (C=O) groups is 1. The van der Waals surface area contributed by atoms with Gasteiger partial charge in [-0.25, -0.2) is 9.78 Å². The van der Waals surface area contributed by atoms with Crippen molar-refractivity contribution in [2.45, 2.75) is 26.4 Å². The third kappa shape index (κ3) is 2.55. The number of aliphatic hydroxyl groups is 1. The molecule has 0 aliphatic carbocycles. The summed E-state index contributed by atoms with van der Waals surface area (Å²) < 4.78 is 1.18. The molecule has 0 saturated heterocycles. The molecule has 5 heteroatoms. The zero-order valence-corrected chi connectivity index (χ0v) is 7.43. The van der Waals surface area contributed by atoms with Crippen molar-refractivity contribution in [2.24, 2.45) is 0 Å². The van der Waals surface area contributed by atoms with Crippen LogP contribution in [0.2, 0.25) is 0 Å². The molecule has 0 amide bonds. The van der Waals surface area contributed by atoms with Crippen LogP contribution in [0.15, 0.2) is 12.4 Å². The van der Waals surface area contributed by atoms with E-state index in [9.17, 15) is 4.79 Å². The second-order valence-corrected chi connectivity index (χ2v) is 2.54. The van der Waals surface area contributed by atoms with Gasteiger partial charge in [-0.2, -0.15) is 4.73 Å². The lowest BCUT2D eigenvalue weighted by atomic mass is 10.3. The van der Waals surface area contributed by atoms with Gasteiger partial charge in [0.05, 0.1) is 6.20 Å². The lowest BCUT2D eigenvalue weighted by molar-refractivity contribution is -0.144. The summed E-state index contributed by atoms with van der Waals surface area (Å²) in [5.41, 5.74) is 0. The minimum atomic E-state index is -0.324. The Kier molecular flexibility index (Phi) is 3.45. The predicted octanol–water partition coefficient (Wildman–Crippen LogP) is 0.131. The molecule has 1 heterocycles. The van der Waals surface area contributed by atoms with Gasteiger partial charge in [-0.05, 0) is 6.42 Å². The third-order valence-electron chi connectivity index (χ3n) is 1.48. The SMILES string of the molecule is CCCC(=O)On1ccnc1CO. The Hall–Kier alpha value is -1.36. The van der Waals surface area contributed by atoms with Gasteiger partial charge in [0.2, 0.25) is 0 Å². The molecule has 1 aromatic heterocycles. The molecule has 0 aliphatic heterocycles. The van der Waals surface area contributed by atoms with Gasteiger partial charge in [0.25, 0.3) is 0 Å². The van der Waals surface area contributed by atoms with Gasteiger partial charge in [0.1, 0.15) is 6.61 Å². The molecule has 13 heavy (non-hydrogen) atoms. The van der Waals surface area contributed by atoms with E-state index in [4.69, 9.17) is 9.94 Å². The van der Waals surface area contributed by atoms with Crippen LogP contribution in [0.3, 0.4) is 0 Å². The number of aromatic nitrogens is 2. The molecule has 72 valence electrons. The molecular formula is C8H12N2O3. The highest BCUT2D eigenvalue weighted by atomic mass is 16.7. The van der Waals surface area contributed by atoms with Crippen LogP contribution in [0.1, 0.15) is 25.6 Å². The highest BCUT2D eigenvalue weighted by Gasteiger charge is 2.06. The van der Waals surface area contributed by atoms with Crippen LogP contribution in [0.5, 0.6) is 0 Å². The van der Waals surface area contributed by atoms with Gasteiger partial charge < -0.3 is 9.94 Å². The number of nitrogens with zero attached hydrogens (tertiary/aromatic N) is 2. The van der Waals surface area contributed by atoms with Crippen LogP contribution in [-0.2, 0) is 11.4 Å². The minimum Gasteiger partial charge on any atom is -0.388 e. The van der Waals surface area contributed by atoms with Crippen LogP contribution in [-0.4, -0.2) is 20.8 Å². The van der Waals surface area contributed by atoms with Crippen molar-refractivity contribution in [3.05, 3.63) is 18.2 Å². The number of rotatable bonds is 4. The Labute approximate surface area is 75.9 Å². The molecule has 1 aromatic rings. The van der Waals surface area contributed by atoms with Crippen molar-refractivity contribution in [3.8, 4) is 0 Å². The number of imidazole rings is 1. The van der Waals surface area contributed by atoms with E-state index in [0.29, 0.717) is 12.2 Å². The Morgan fingerprint density at radius 3 is 3.15 bits per heavy atom. The minimum absolute atomic E-state index is 0.244. The molecule has 0 unspecified atom stereocenters. The van der Waals surface area contributed by atoms with Crippen molar-refractivity contribution < 1.29 is 14.7 Å². The molecule has 0 bridgehead atoms. The molecule has 0 aliphatic rings. The Bertz CT molecular complexity index is 283. The second kappa shape index (κ2) is 4.61. The third-order valence-corrected chi connectivity index (χ3v) is 1.48. The van der Waals surface area contributed by atoms with E-state index in [-0.39, 0.29) is 12.6 Å². The van der Waals surface area contributed by atoms with Crippen LogP contribution in [0.4, 0.5) is 0 Å². The summed E-state index contributed by atoms with van der Waals surface area (Å²) in [6.45, 7) is 1.65. The first-order valence-electron chi connectivity index (χ1n) is 4.12. The van der Waals surface area contributed by atoms with Gasteiger partial charge in [-0.15, -0.1) is 0 Å². The van der Waals surface area contributed by atoms with E-state index in [1.165, 1.54) is 17.1 Å². The maximum Gasteiger partial charge on any atom is 0.332 e. The summed E-state index contributed by atoms with van der Waals surface area (Å²) in [4.78, 5) is 19.7. The summed E-state index contributed by atoms with van der Waals surface area (Å²) in [6, 6.07) is 0. The highest BCUT2D eigenvalue weighted by Crippen LogP contribution is 1.96. The van der Waals surface area contributed by atoms with Gasteiger partial charge in [0.15, 0.2) is 5.82 Å². The van der Waals surface area contributed by atoms with E-state index in [0.717, 1.165) is 6.42 Å². The monoisotopic (exact) mass is 184 g/mol. The summed E-state index contributed by atoms with van der Waals surface area (Å²) >= 11 is 0. The van der Waals surface area contributed by atoms with Gasteiger partial charge in [-0.1, -0.05) is 6.92 Å². The number of hydrogen-bond acceptors (Lipinski definition) is 4. The summed E-state index contributed by atoms with van der Waals surface area (Å²) in [5, 5.41) is 8.78. The molecule has 1 rings (SSSR count). The molecule has 0 atom stereocenters. The summed E-state index contributed by atoms with van der Waals surface area (Å²) in [7, 11) is 0. The smallest absolute Gasteiger partial charge is 0.332 e. The maximum atomic E-state index is 11.0. The van der Waals surface area contributed by atoms with Crippen molar-refractivity contribution in [1.82, 2.24) is 9.71 Å². The number of aliphatic hydroxyl groups excluding tert-OH is 1. The topological polar surface area (TPSA) is 64.4 Å². The summed E-state index contributed by atoms with van der Waals surface area (Å²) in [5.74, 6) is -0.000321. The molecule has 0 spiro atoms. The van der Waals surface area contributed by atoms with Crippen molar-refractivity contribution in [1.29, 1.82) is 0 Å². The first-order valence-corrected chi connectivity index (χ1v) is 4.12. The van der Waals surface area contributed by atoms with E-state index in [1.807, 2.05) is 6.92 Å². The van der Waals surface area contributed by atoms with E-state index >= 15 is 0 Å². The Balaban J connectivity index is 2.57. The largest absolute Gasteiger partial charge is 0.388 e. The zero-order valence-electron chi connectivity index (χ0n) is 7.43. The molecular weight excluding hydrogens is 172 g/mol. The predicted molar refractivity (Wildman–Crippen MR) is 44.6 cm³/mol. The number of hydrogen-bond donors (Lipinski definition) is 1. The van der Waals surface area contributed by atoms with E-state index in [2.05, 4.69) is 4.98 Å². The lowest BCUT2D eigenvalue weighted by Crippen LogP contribution is -2.20. The normalized spacial score (nSPS) is 10.0. The molecule has 0 fully saturated rings. The summed E-state index contributed by atoms with van der Waals surface area (Å²) in [6.07, 6.45) is 4.05. The molecule has 5 nitrogen and oxygen atoms in total. The Morgan fingerprint density at radius 2 is 2.54 bits per heavy atom. The lowest BCUT2D eigenvalue weighted by Gasteiger charge is -2.04. The first kappa shape index (κ1) is 9.73. The first-order chi connectivity index (χ1) is 6.27. The standard InChI is InChI=1S/C8H12N2O3/c1-2-3-8(12)13-10-5-4-9-7(10)6-11/h4-5,11H,2-3,6H2,1H3. The van der Waals surface area contributed by atoms with Crippen molar-refractivity contribution in [2.75, 3.05) is 0 Å². The number of carbonyl (C=O) groups excluding carboxylic acids is 1. The van der Waals surface area contributed by atoms with Crippen LogP contribution < -0.4 is 4.84 Å². The fraction of sp³-hybridized carbons (Fsp3) is 0.500. The van der Waals surface area contributed by atoms with Gasteiger partial charge in [0, 0.05) is 12.6 Å². The van der Waals surface area contributed by atoms with Gasteiger partial charge in [-0.3, -0.25) is 0 Å². The average Bonchev–Trinajstić information content (AvgIpc) is 2.52. The highest BCUT2D eigenvalue weighted by molar-refractivity contribution is 5.69. The van der Waals surface area contributed by atoms with E-state index in [1.54, 1.807) is 0 Å². The zero-order chi connectivity index (χ0) is 9.68. The van der Waals surface area contributed by atoms with Crippen molar-refractivity contribution >= 4 is 5.97 Å². The van der Waals surface area contributed by atoms with E-state index < -0.39 is 0 Å². The second-order valence-electron chi connectivity index (χ2n) is 2.54. The van der Waals surface area contributed by atoms with Gasteiger partial charge >= 0.3 is 5.97 Å². The quantitative estimate of drug-likeness (QED) is 0.722. The molecule has 0 radical (unpaired) electrons. The fourth-order valence-corrected chi connectivity index (χ4v) is 0.876. The van der Waals surface area contributed by atoms with Crippen LogP contribution >= 0.6 is 0 Å². The molecule has 1 N–H and O–H groups in total. The average molecular weight is 184 g/mol. The fourth-order valence-electron chi connectivity index (χ4n) is 0.876. The Morgan fingerprint density at radius 1 is 1.77 bits per heavy atom. The van der Waals surface area contributed by atoms with Crippen molar-refractivity contribution in [3.63, 3.8) is 0 Å². The maximum absolute atomic E-state index is 11.0. The molecule has 0 aromatic carbocycles. The van der Waals surface area contributed by atoms with Crippen LogP contribution in [0.25, 0.3) is 0 Å². The molecule has 0 saturated carbocycles. The van der Waals surface area contributed by atoms with Crippen LogP contribution in [0, 0.1) is 0 Å².